The minimum Gasteiger partial charge on any atom is -0.357 e. The summed E-state index contributed by atoms with van der Waals surface area (Å²) in [5.74, 6) is 0.957. The van der Waals surface area contributed by atoms with E-state index in [1.807, 2.05) is 18.2 Å². The summed E-state index contributed by atoms with van der Waals surface area (Å²) in [4.78, 5) is 12.2. The summed E-state index contributed by atoms with van der Waals surface area (Å²) in [5.41, 5.74) is 0.482. The Morgan fingerprint density at radius 1 is 1.53 bits per heavy atom. The Bertz CT molecular complexity index is 384. The summed E-state index contributed by atoms with van der Waals surface area (Å²) in [7, 11) is 0. The van der Waals surface area contributed by atoms with Crippen LogP contribution in [0, 0.1) is 11.8 Å². The van der Waals surface area contributed by atoms with Crippen LogP contribution in [0.3, 0.4) is 0 Å². The van der Waals surface area contributed by atoms with E-state index in [1.165, 1.54) is 0 Å². The summed E-state index contributed by atoms with van der Waals surface area (Å²) in [6.07, 6.45) is 9.43. The third-order valence-corrected chi connectivity index (χ3v) is 3.55. The van der Waals surface area contributed by atoms with Crippen molar-refractivity contribution in [1.29, 1.82) is 0 Å². The first-order valence-electron chi connectivity index (χ1n) is 6.24. The van der Waals surface area contributed by atoms with Gasteiger partial charge < -0.3 is 4.74 Å². The Labute approximate surface area is 103 Å². The summed E-state index contributed by atoms with van der Waals surface area (Å²) in [6, 6.07) is 0. The predicted molar refractivity (Wildman–Crippen MR) is 68.7 cm³/mol. The molecule has 1 aliphatic heterocycles. The van der Waals surface area contributed by atoms with Crippen LogP contribution in [0.15, 0.2) is 36.5 Å². The second-order valence-electron chi connectivity index (χ2n) is 5.34. The van der Waals surface area contributed by atoms with Crippen molar-refractivity contribution >= 4 is 5.78 Å². The molecule has 2 atom stereocenters. The standard InChI is InChI=1S/C15H20O2/c1-11(2)13-7-6-12(3)5-4-8-15(10-17-15)14(16)9-13/h4,6-8,11,13H,3,5,9-10H2,1-2H3. The molecule has 1 fully saturated rings. The highest BCUT2D eigenvalue weighted by molar-refractivity contribution is 5.92. The van der Waals surface area contributed by atoms with E-state index in [0.29, 0.717) is 18.9 Å². The Morgan fingerprint density at radius 3 is 2.82 bits per heavy atom. The Hall–Kier alpha value is -1.15. The van der Waals surface area contributed by atoms with Crippen LogP contribution in [0.4, 0.5) is 0 Å². The van der Waals surface area contributed by atoms with Crippen molar-refractivity contribution in [1.82, 2.24) is 0 Å². The van der Waals surface area contributed by atoms with Crippen molar-refractivity contribution in [2.45, 2.75) is 32.3 Å². The second kappa shape index (κ2) is 4.61. The average molecular weight is 232 g/mol. The fourth-order valence-corrected chi connectivity index (χ4v) is 2.07. The first-order chi connectivity index (χ1) is 8.03. The molecule has 2 rings (SSSR count). The van der Waals surface area contributed by atoms with Crippen molar-refractivity contribution in [3.63, 3.8) is 0 Å². The Kier molecular flexibility index (Phi) is 3.34. The number of hydrogen-bond acceptors (Lipinski definition) is 2. The number of rotatable bonds is 1. The van der Waals surface area contributed by atoms with Crippen LogP contribution < -0.4 is 0 Å². The van der Waals surface area contributed by atoms with E-state index in [9.17, 15) is 4.79 Å². The molecule has 17 heavy (non-hydrogen) atoms. The fraction of sp³-hybridized carbons (Fsp3) is 0.533. The SMILES string of the molecule is C=C1C=CC(C(C)C)CC(=O)C2(C=CC1)CO2. The number of ketones is 1. The van der Waals surface area contributed by atoms with Crippen LogP contribution in [0.5, 0.6) is 0 Å². The molecule has 1 saturated heterocycles. The first kappa shape index (κ1) is 12.3. The van der Waals surface area contributed by atoms with Gasteiger partial charge in [0.2, 0.25) is 0 Å². The van der Waals surface area contributed by atoms with Gasteiger partial charge in [0.25, 0.3) is 0 Å². The maximum absolute atomic E-state index is 12.2. The normalized spacial score (nSPS) is 33.5. The van der Waals surface area contributed by atoms with Crippen molar-refractivity contribution < 1.29 is 9.53 Å². The lowest BCUT2D eigenvalue weighted by Gasteiger charge is -2.18. The van der Waals surface area contributed by atoms with Gasteiger partial charge in [-0.3, -0.25) is 4.79 Å². The van der Waals surface area contributed by atoms with E-state index in [1.54, 1.807) is 0 Å². The maximum atomic E-state index is 12.2. The number of carbonyl (C=O) groups excluding carboxylic acids is 1. The highest BCUT2D eigenvalue weighted by Gasteiger charge is 2.49. The van der Waals surface area contributed by atoms with Crippen molar-refractivity contribution in [2.24, 2.45) is 11.8 Å². The monoisotopic (exact) mass is 232 g/mol. The van der Waals surface area contributed by atoms with Gasteiger partial charge in [-0.1, -0.05) is 44.2 Å². The third-order valence-electron chi connectivity index (χ3n) is 3.55. The zero-order valence-corrected chi connectivity index (χ0v) is 10.6. The fourth-order valence-electron chi connectivity index (χ4n) is 2.07. The molecular weight excluding hydrogens is 212 g/mol. The molecule has 0 aromatic heterocycles. The molecule has 0 bridgehead atoms. The van der Waals surface area contributed by atoms with Crippen LogP contribution in [0.25, 0.3) is 0 Å². The molecule has 0 amide bonds. The third kappa shape index (κ3) is 2.75. The highest BCUT2D eigenvalue weighted by atomic mass is 16.6. The molecule has 1 heterocycles. The van der Waals surface area contributed by atoms with E-state index in [2.05, 4.69) is 26.5 Å². The van der Waals surface area contributed by atoms with Gasteiger partial charge in [-0.15, -0.1) is 0 Å². The van der Waals surface area contributed by atoms with Gasteiger partial charge >= 0.3 is 0 Å². The van der Waals surface area contributed by atoms with Crippen LogP contribution >= 0.6 is 0 Å². The quantitative estimate of drug-likeness (QED) is 0.513. The molecule has 1 aliphatic carbocycles. The van der Waals surface area contributed by atoms with Gasteiger partial charge in [-0.2, -0.15) is 0 Å². The molecule has 0 radical (unpaired) electrons. The lowest BCUT2D eigenvalue weighted by Crippen LogP contribution is -2.26. The van der Waals surface area contributed by atoms with E-state index >= 15 is 0 Å². The summed E-state index contributed by atoms with van der Waals surface area (Å²) < 4.78 is 5.35. The van der Waals surface area contributed by atoms with Gasteiger partial charge in [0.1, 0.15) is 0 Å². The van der Waals surface area contributed by atoms with Crippen LogP contribution in [-0.2, 0) is 9.53 Å². The summed E-state index contributed by atoms with van der Waals surface area (Å²) in [6.45, 7) is 8.84. The molecule has 0 saturated carbocycles. The lowest BCUT2D eigenvalue weighted by atomic mass is 9.85. The van der Waals surface area contributed by atoms with E-state index in [4.69, 9.17) is 4.74 Å². The van der Waals surface area contributed by atoms with Crippen LogP contribution in [-0.4, -0.2) is 18.0 Å². The van der Waals surface area contributed by atoms with Crippen LogP contribution in [0.1, 0.15) is 26.7 Å². The zero-order valence-electron chi connectivity index (χ0n) is 10.6. The van der Waals surface area contributed by atoms with Gasteiger partial charge in [-0.05, 0) is 24.3 Å². The molecule has 2 unspecified atom stereocenters. The zero-order chi connectivity index (χ0) is 12.5. The first-order valence-corrected chi connectivity index (χ1v) is 6.24. The molecular formula is C15H20O2. The number of Topliss-reactive ketones (excluding diaryl/α,β-unsaturated/α-hetero) is 1. The largest absolute Gasteiger partial charge is 0.357 e. The number of epoxide rings is 1. The molecule has 2 heteroatoms. The van der Waals surface area contributed by atoms with Crippen molar-refractivity contribution in [3.8, 4) is 0 Å². The molecule has 1 spiro atoms. The van der Waals surface area contributed by atoms with Crippen molar-refractivity contribution in [2.75, 3.05) is 6.61 Å². The lowest BCUT2D eigenvalue weighted by molar-refractivity contribution is -0.123. The maximum Gasteiger partial charge on any atom is 0.171 e. The minimum atomic E-state index is -0.599. The molecule has 0 aromatic carbocycles. The van der Waals surface area contributed by atoms with Gasteiger partial charge in [0, 0.05) is 6.42 Å². The van der Waals surface area contributed by atoms with Gasteiger partial charge in [-0.25, -0.2) is 0 Å². The van der Waals surface area contributed by atoms with Crippen LogP contribution in [0.2, 0.25) is 0 Å². The number of allylic oxidation sites excluding steroid dienone is 4. The summed E-state index contributed by atoms with van der Waals surface area (Å²) in [5, 5.41) is 0. The minimum absolute atomic E-state index is 0.213. The number of hydrogen-bond donors (Lipinski definition) is 0. The molecule has 2 nitrogen and oxygen atoms in total. The number of carbonyl (C=O) groups is 1. The van der Waals surface area contributed by atoms with Gasteiger partial charge in [0.05, 0.1) is 6.61 Å². The second-order valence-corrected chi connectivity index (χ2v) is 5.34. The topological polar surface area (TPSA) is 29.6 Å². The smallest absolute Gasteiger partial charge is 0.171 e. The van der Waals surface area contributed by atoms with E-state index < -0.39 is 5.60 Å². The van der Waals surface area contributed by atoms with E-state index in [-0.39, 0.29) is 11.7 Å². The van der Waals surface area contributed by atoms with Crippen molar-refractivity contribution in [3.05, 3.63) is 36.5 Å². The molecule has 0 aromatic rings. The van der Waals surface area contributed by atoms with Gasteiger partial charge in [0.15, 0.2) is 11.4 Å². The highest BCUT2D eigenvalue weighted by Crippen LogP contribution is 2.34. The average Bonchev–Trinajstić information content (AvgIpc) is 3.03. The Balaban J connectivity index is 2.21. The molecule has 92 valence electrons. The Morgan fingerprint density at radius 2 is 2.24 bits per heavy atom. The molecule has 2 aliphatic rings. The summed E-state index contributed by atoms with van der Waals surface area (Å²) >= 11 is 0. The molecule has 0 N–H and O–H groups in total. The number of ether oxygens (including phenoxy) is 1. The predicted octanol–water partition coefficient (Wildman–Crippen LogP) is 3.06. The van der Waals surface area contributed by atoms with E-state index in [0.717, 1.165) is 12.0 Å².